The number of rotatable bonds is 2. The molecule has 0 amide bonds. The fourth-order valence-electron chi connectivity index (χ4n) is 1.69. The third kappa shape index (κ3) is 2.20. The molecule has 2 aromatic rings. The largest absolute Gasteiger partial charge is 0.298 e. The molecule has 0 aliphatic rings. The number of hydrogen-bond acceptors (Lipinski definition) is 2. The molecule has 0 aromatic heterocycles. The van der Waals surface area contributed by atoms with Gasteiger partial charge in [0.1, 0.15) is 0 Å². The summed E-state index contributed by atoms with van der Waals surface area (Å²) >= 11 is 5.83. The van der Waals surface area contributed by atoms with Crippen LogP contribution in [0.25, 0.3) is 11.1 Å². The van der Waals surface area contributed by atoms with Gasteiger partial charge in [0.2, 0.25) is 0 Å². The van der Waals surface area contributed by atoms with Crippen LogP contribution >= 0.6 is 11.6 Å². The van der Waals surface area contributed by atoms with Crippen LogP contribution in [-0.4, -0.2) is 6.29 Å². The first-order chi connectivity index (χ1) is 8.26. The molecule has 0 aliphatic carbocycles. The molecule has 0 spiro atoms. The van der Waals surface area contributed by atoms with Crippen molar-refractivity contribution in [3.8, 4) is 17.2 Å². The Labute approximate surface area is 104 Å². The van der Waals surface area contributed by atoms with E-state index in [0.717, 1.165) is 17.4 Å². The summed E-state index contributed by atoms with van der Waals surface area (Å²) in [4.78, 5) is 11.0. The molecule has 0 unspecified atom stereocenters. The van der Waals surface area contributed by atoms with Crippen molar-refractivity contribution in [1.29, 1.82) is 5.26 Å². The Morgan fingerprint density at radius 3 is 2.59 bits per heavy atom. The van der Waals surface area contributed by atoms with Gasteiger partial charge in [0.15, 0.2) is 6.29 Å². The molecule has 2 nitrogen and oxygen atoms in total. The SMILES string of the molecule is N#Cc1ccccc1-c1ccc(Cl)cc1C=O. The van der Waals surface area contributed by atoms with Gasteiger partial charge in [-0.2, -0.15) is 5.26 Å². The highest BCUT2D eigenvalue weighted by atomic mass is 35.5. The normalized spacial score (nSPS) is 9.65. The van der Waals surface area contributed by atoms with Gasteiger partial charge in [-0.1, -0.05) is 35.9 Å². The van der Waals surface area contributed by atoms with Crippen LogP contribution in [-0.2, 0) is 0 Å². The summed E-state index contributed by atoms with van der Waals surface area (Å²) < 4.78 is 0. The molecule has 17 heavy (non-hydrogen) atoms. The molecule has 0 fully saturated rings. The maximum Gasteiger partial charge on any atom is 0.150 e. The lowest BCUT2D eigenvalue weighted by Gasteiger charge is -2.07. The summed E-state index contributed by atoms with van der Waals surface area (Å²) in [6, 6.07) is 14.3. The number of hydrogen-bond donors (Lipinski definition) is 0. The molecule has 0 aliphatic heterocycles. The summed E-state index contributed by atoms with van der Waals surface area (Å²) in [5.74, 6) is 0. The summed E-state index contributed by atoms with van der Waals surface area (Å²) in [7, 11) is 0. The maximum absolute atomic E-state index is 11.0. The molecule has 0 bridgehead atoms. The van der Waals surface area contributed by atoms with Gasteiger partial charge in [-0.3, -0.25) is 4.79 Å². The van der Waals surface area contributed by atoms with Crippen molar-refractivity contribution in [2.75, 3.05) is 0 Å². The number of carbonyl (C=O) groups is 1. The van der Waals surface area contributed by atoms with Crippen LogP contribution < -0.4 is 0 Å². The van der Waals surface area contributed by atoms with E-state index in [1.165, 1.54) is 0 Å². The topological polar surface area (TPSA) is 40.9 Å². The van der Waals surface area contributed by atoms with Crippen molar-refractivity contribution < 1.29 is 4.79 Å². The fraction of sp³-hybridized carbons (Fsp3) is 0. The molecule has 3 heteroatoms. The Bertz CT molecular complexity index is 614. The van der Waals surface area contributed by atoms with E-state index in [4.69, 9.17) is 16.9 Å². The molecule has 82 valence electrons. The number of nitriles is 1. The Hall–Kier alpha value is -2.11. The predicted octanol–water partition coefficient (Wildman–Crippen LogP) is 3.69. The van der Waals surface area contributed by atoms with Crippen molar-refractivity contribution in [2.24, 2.45) is 0 Å². The van der Waals surface area contributed by atoms with Gasteiger partial charge in [0, 0.05) is 16.1 Å². The van der Waals surface area contributed by atoms with Gasteiger partial charge in [-0.05, 0) is 23.8 Å². The van der Waals surface area contributed by atoms with Crippen molar-refractivity contribution in [2.45, 2.75) is 0 Å². The fourth-order valence-corrected chi connectivity index (χ4v) is 1.87. The average molecular weight is 242 g/mol. The minimum atomic E-state index is 0.486. The number of halogens is 1. The highest BCUT2D eigenvalue weighted by Crippen LogP contribution is 2.27. The number of nitrogens with zero attached hydrogens (tertiary/aromatic N) is 1. The molecule has 0 heterocycles. The Kier molecular flexibility index (Phi) is 3.22. The molecule has 0 saturated heterocycles. The van der Waals surface area contributed by atoms with Crippen molar-refractivity contribution >= 4 is 17.9 Å². The second-order valence-electron chi connectivity index (χ2n) is 3.51. The quantitative estimate of drug-likeness (QED) is 0.753. The predicted molar refractivity (Wildman–Crippen MR) is 67.0 cm³/mol. The second kappa shape index (κ2) is 4.82. The lowest BCUT2D eigenvalue weighted by atomic mass is 9.96. The van der Waals surface area contributed by atoms with Gasteiger partial charge in [0.05, 0.1) is 11.6 Å². The lowest BCUT2D eigenvalue weighted by molar-refractivity contribution is 0.112. The van der Waals surface area contributed by atoms with Crippen LogP contribution in [0.4, 0.5) is 0 Å². The lowest BCUT2D eigenvalue weighted by Crippen LogP contribution is -1.90. The molecule has 0 N–H and O–H groups in total. The molecule has 2 aromatic carbocycles. The van der Waals surface area contributed by atoms with Crippen LogP contribution in [0, 0.1) is 11.3 Å². The van der Waals surface area contributed by atoms with Crippen LogP contribution in [0.5, 0.6) is 0 Å². The molecule has 0 saturated carbocycles. The minimum Gasteiger partial charge on any atom is -0.298 e. The van der Waals surface area contributed by atoms with Gasteiger partial charge < -0.3 is 0 Å². The Morgan fingerprint density at radius 2 is 1.88 bits per heavy atom. The highest BCUT2D eigenvalue weighted by molar-refractivity contribution is 6.31. The van der Waals surface area contributed by atoms with Crippen molar-refractivity contribution in [1.82, 2.24) is 0 Å². The van der Waals surface area contributed by atoms with E-state index in [-0.39, 0.29) is 0 Å². The Morgan fingerprint density at radius 1 is 1.12 bits per heavy atom. The zero-order valence-corrected chi connectivity index (χ0v) is 9.61. The highest BCUT2D eigenvalue weighted by Gasteiger charge is 2.08. The van der Waals surface area contributed by atoms with Crippen LogP contribution in [0.3, 0.4) is 0 Å². The smallest absolute Gasteiger partial charge is 0.150 e. The van der Waals surface area contributed by atoms with E-state index in [9.17, 15) is 4.79 Å². The number of carbonyl (C=O) groups excluding carboxylic acids is 1. The summed E-state index contributed by atoms with van der Waals surface area (Å²) in [6.45, 7) is 0. The van der Waals surface area contributed by atoms with E-state index in [1.807, 2.05) is 12.1 Å². The maximum atomic E-state index is 11.0. The second-order valence-corrected chi connectivity index (χ2v) is 3.94. The minimum absolute atomic E-state index is 0.486. The third-order valence-electron chi connectivity index (χ3n) is 2.48. The first-order valence-corrected chi connectivity index (χ1v) is 5.38. The van der Waals surface area contributed by atoms with Crippen molar-refractivity contribution in [3.63, 3.8) is 0 Å². The summed E-state index contributed by atoms with van der Waals surface area (Å²) in [6.07, 6.45) is 0.745. The van der Waals surface area contributed by atoms with Gasteiger partial charge >= 0.3 is 0 Å². The standard InChI is InChI=1S/C14H8ClNO/c15-12-5-6-14(11(7-12)9-17)13-4-2-1-3-10(13)8-16/h1-7,9H. The van der Waals surface area contributed by atoms with Crippen LogP contribution in [0.15, 0.2) is 42.5 Å². The molecular formula is C14H8ClNO. The Balaban J connectivity index is 2.69. The van der Waals surface area contributed by atoms with Crippen LogP contribution in [0.2, 0.25) is 5.02 Å². The van der Waals surface area contributed by atoms with E-state index in [2.05, 4.69) is 6.07 Å². The first-order valence-electron chi connectivity index (χ1n) is 5.00. The van der Waals surface area contributed by atoms with Gasteiger partial charge in [-0.15, -0.1) is 0 Å². The number of benzene rings is 2. The van der Waals surface area contributed by atoms with Crippen molar-refractivity contribution in [3.05, 3.63) is 58.6 Å². The van der Waals surface area contributed by atoms with E-state index in [1.54, 1.807) is 30.3 Å². The molecular weight excluding hydrogens is 234 g/mol. The first kappa shape index (κ1) is 11.4. The molecule has 0 atom stereocenters. The molecule has 0 radical (unpaired) electrons. The molecule has 2 rings (SSSR count). The zero-order valence-electron chi connectivity index (χ0n) is 8.85. The third-order valence-corrected chi connectivity index (χ3v) is 2.71. The van der Waals surface area contributed by atoms with Gasteiger partial charge in [0.25, 0.3) is 0 Å². The summed E-state index contributed by atoms with van der Waals surface area (Å²) in [5.41, 5.74) is 2.49. The van der Waals surface area contributed by atoms with Crippen LogP contribution in [0.1, 0.15) is 15.9 Å². The summed E-state index contributed by atoms with van der Waals surface area (Å²) in [5, 5.41) is 9.54. The van der Waals surface area contributed by atoms with E-state index < -0.39 is 0 Å². The van der Waals surface area contributed by atoms with E-state index in [0.29, 0.717) is 16.1 Å². The average Bonchev–Trinajstić information content (AvgIpc) is 2.38. The monoisotopic (exact) mass is 241 g/mol. The number of aldehydes is 1. The zero-order chi connectivity index (χ0) is 12.3. The van der Waals surface area contributed by atoms with Gasteiger partial charge in [-0.25, -0.2) is 0 Å². The van der Waals surface area contributed by atoms with E-state index >= 15 is 0 Å².